The summed E-state index contributed by atoms with van der Waals surface area (Å²) >= 11 is 0. The first-order valence-electron chi connectivity index (χ1n) is 13.0. The van der Waals surface area contributed by atoms with E-state index in [2.05, 4.69) is 110 Å². The quantitative estimate of drug-likeness (QED) is 0.0905. The molecule has 0 saturated carbocycles. The molecule has 0 aliphatic heterocycles. The molecule has 0 fully saturated rings. The maximum Gasteiger partial charge on any atom is 0.333 e. The van der Waals surface area contributed by atoms with Crippen LogP contribution in [0.4, 0.5) is 0 Å². The number of carbonyl (C=O) groups excluding carboxylic acids is 1. The van der Waals surface area contributed by atoms with Gasteiger partial charge in [-0.05, 0) is 82.0 Å². The van der Waals surface area contributed by atoms with E-state index in [1.54, 1.807) is 6.92 Å². The largest absolute Gasteiger partial charge is 0.462 e. The van der Waals surface area contributed by atoms with Crippen LogP contribution < -0.4 is 0 Å². The Kier molecular flexibility index (Phi) is 7.46. The summed E-state index contributed by atoms with van der Waals surface area (Å²) in [5, 5.41) is 5.21. The van der Waals surface area contributed by atoms with Crippen molar-refractivity contribution in [2.24, 2.45) is 0 Å². The average Bonchev–Trinajstić information content (AvgIpc) is 2.94. The molecule has 5 rings (SSSR count). The lowest BCUT2D eigenvalue weighted by Crippen LogP contribution is -2.06. The zero-order valence-electron chi connectivity index (χ0n) is 21.4. The van der Waals surface area contributed by atoms with E-state index in [4.69, 9.17) is 4.74 Å². The van der Waals surface area contributed by atoms with Gasteiger partial charge in [-0.3, -0.25) is 0 Å². The molecule has 0 bridgehead atoms. The molecule has 0 spiro atoms. The van der Waals surface area contributed by atoms with Crippen molar-refractivity contribution in [3.05, 3.63) is 132 Å². The van der Waals surface area contributed by atoms with Crippen LogP contribution in [0.15, 0.2) is 115 Å². The van der Waals surface area contributed by atoms with Gasteiger partial charge in [0.15, 0.2) is 0 Å². The molecule has 0 atom stereocenters. The summed E-state index contributed by atoms with van der Waals surface area (Å²) in [7, 11) is 0. The van der Waals surface area contributed by atoms with Gasteiger partial charge in [0.25, 0.3) is 0 Å². The summed E-state index contributed by atoms with van der Waals surface area (Å²) in [4.78, 5) is 11.5. The first-order valence-corrected chi connectivity index (χ1v) is 13.0. The summed E-state index contributed by atoms with van der Waals surface area (Å²) in [6.07, 6.45) is 3.69. The van der Waals surface area contributed by atoms with Gasteiger partial charge in [-0.15, -0.1) is 0 Å². The highest BCUT2D eigenvalue weighted by molar-refractivity contribution is 6.15. The number of fused-ring (bicyclic) bond motifs is 2. The molecule has 5 aromatic carbocycles. The van der Waals surface area contributed by atoms with Crippen LogP contribution in [-0.2, 0) is 22.4 Å². The number of hydrogen-bond donors (Lipinski definition) is 0. The lowest BCUT2D eigenvalue weighted by atomic mass is 9.86. The van der Waals surface area contributed by atoms with Gasteiger partial charge in [0, 0.05) is 5.57 Å². The lowest BCUT2D eigenvalue weighted by Gasteiger charge is -2.18. The minimum atomic E-state index is -0.307. The zero-order valence-corrected chi connectivity index (χ0v) is 21.4. The number of rotatable bonds is 9. The molecule has 2 nitrogen and oxygen atoms in total. The van der Waals surface area contributed by atoms with Crippen LogP contribution >= 0.6 is 0 Å². The van der Waals surface area contributed by atoms with Crippen molar-refractivity contribution >= 4 is 27.5 Å². The highest BCUT2D eigenvalue weighted by atomic mass is 16.5. The van der Waals surface area contributed by atoms with Crippen molar-refractivity contribution < 1.29 is 9.53 Å². The van der Waals surface area contributed by atoms with E-state index in [1.807, 2.05) is 0 Å². The molecule has 0 aromatic heterocycles. The number of carbonyl (C=O) groups is 1. The number of aryl methyl sites for hydroxylation is 1. The van der Waals surface area contributed by atoms with Crippen LogP contribution in [0.2, 0.25) is 0 Å². The van der Waals surface area contributed by atoms with Gasteiger partial charge < -0.3 is 4.74 Å². The SMILES string of the molecule is C=C(C)C(=O)OCCCCc1ccc(-c2c3ccccc3c(Cc3ccccc3)c3ccccc23)cc1. The normalized spacial score (nSPS) is 11.1. The van der Waals surface area contributed by atoms with Crippen molar-refractivity contribution in [1.82, 2.24) is 0 Å². The van der Waals surface area contributed by atoms with Gasteiger partial charge in [-0.25, -0.2) is 4.79 Å². The minimum Gasteiger partial charge on any atom is -0.462 e. The Labute approximate surface area is 219 Å². The van der Waals surface area contributed by atoms with E-state index in [0.29, 0.717) is 12.2 Å². The van der Waals surface area contributed by atoms with Gasteiger partial charge in [0.1, 0.15) is 0 Å². The number of esters is 1. The number of hydrogen-bond acceptors (Lipinski definition) is 2. The third kappa shape index (κ3) is 5.49. The molecule has 0 radical (unpaired) electrons. The monoisotopic (exact) mass is 484 g/mol. The Morgan fingerprint density at radius 2 is 1.24 bits per heavy atom. The Bertz CT molecular complexity index is 1490. The van der Waals surface area contributed by atoms with Crippen molar-refractivity contribution in [3.8, 4) is 11.1 Å². The van der Waals surface area contributed by atoms with E-state index in [9.17, 15) is 4.79 Å². The molecular formula is C35H32O2. The van der Waals surface area contributed by atoms with Crippen LogP contribution in [-0.4, -0.2) is 12.6 Å². The fourth-order valence-electron chi connectivity index (χ4n) is 5.08. The summed E-state index contributed by atoms with van der Waals surface area (Å²) in [5.41, 5.74) is 6.97. The van der Waals surface area contributed by atoms with Crippen LogP contribution in [0, 0.1) is 0 Å². The molecule has 0 unspecified atom stereocenters. The highest BCUT2D eigenvalue weighted by Gasteiger charge is 2.15. The van der Waals surface area contributed by atoms with Crippen LogP contribution in [0.1, 0.15) is 36.5 Å². The molecule has 0 amide bonds. The van der Waals surface area contributed by atoms with Crippen molar-refractivity contribution in [2.45, 2.75) is 32.6 Å². The Balaban J connectivity index is 1.45. The number of unbranched alkanes of at least 4 members (excludes halogenated alkanes) is 1. The molecule has 0 aliphatic carbocycles. The van der Waals surface area contributed by atoms with Gasteiger partial charge in [-0.2, -0.15) is 0 Å². The van der Waals surface area contributed by atoms with Gasteiger partial charge in [0.2, 0.25) is 0 Å². The maximum absolute atomic E-state index is 11.5. The van der Waals surface area contributed by atoms with Crippen LogP contribution in [0.25, 0.3) is 32.7 Å². The van der Waals surface area contributed by atoms with E-state index in [1.165, 1.54) is 49.4 Å². The van der Waals surface area contributed by atoms with Crippen LogP contribution in [0.3, 0.4) is 0 Å². The molecule has 0 aliphatic rings. The van der Waals surface area contributed by atoms with Crippen molar-refractivity contribution in [1.29, 1.82) is 0 Å². The van der Waals surface area contributed by atoms with Crippen LogP contribution in [0.5, 0.6) is 0 Å². The number of ether oxygens (including phenoxy) is 1. The van der Waals surface area contributed by atoms with E-state index in [0.717, 1.165) is 25.7 Å². The third-order valence-electron chi connectivity index (χ3n) is 6.95. The van der Waals surface area contributed by atoms with Gasteiger partial charge in [0.05, 0.1) is 6.61 Å². The predicted octanol–water partition coefficient (Wildman–Crippen LogP) is 8.69. The van der Waals surface area contributed by atoms with E-state index in [-0.39, 0.29) is 5.97 Å². The summed E-state index contributed by atoms with van der Waals surface area (Å²) in [5.74, 6) is -0.307. The second-order valence-corrected chi connectivity index (χ2v) is 9.68. The minimum absolute atomic E-state index is 0.307. The second kappa shape index (κ2) is 11.3. The Hall–Kier alpha value is -4.17. The summed E-state index contributed by atoms with van der Waals surface area (Å²) in [6, 6.07) is 37.3. The molecule has 184 valence electrons. The fraction of sp³-hybridized carbons (Fsp3) is 0.171. The molecule has 0 saturated heterocycles. The molecular weight excluding hydrogens is 452 g/mol. The standard InChI is InChI=1S/C35H32O2/c1-25(2)35(36)37-23-11-10-12-26-19-21-28(22-20-26)34-31-17-8-6-15-29(31)33(24-27-13-4-3-5-14-27)30-16-7-9-18-32(30)34/h3-9,13-22H,1,10-12,23-24H2,2H3. The molecule has 0 N–H and O–H groups in total. The van der Waals surface area contributed by atoms with Crippen molar-refractivity contribution in [3.63, 3.8) is 0 Å². The topological polar surface area (TPSA) is 26.3 Å². The summed E-state index contributed by atoms with van der Waals surface area (Å²) in [6.45, 7) is 5.74. The first-order chi connectivity index (χ1) is 18.1. The lowest BCUT2D eigenvalue weighted by molar-refractivity contribution is -0.139. The zero-order chi connectivity index (χ0) is 25.6. The third-order valence-corrected chi connectivity index (χ3v) is 6.95. The highest BCUT2D eigenvalue weighted by Crippen LogP contribution is 2.40. The van der Waals surface area contributed by atoms with Gasteiger partial charge >= 0.3 is 5.97 Å². The number of benzene rings is 5. The smallest absolute Gasteiger partial charge is 0.333 e. The first kappa shape index (κ1) is 24.5. The fourth-order valence-corrected chi connectivity index (χ4v) is 5.08. The average molecular weight is 485 g/mol. The summed E-state index contributed by atoms with van der Waals surface area (Å²) < 4.78 is 5.21. The van der Waals surface area contributed by atoms with E-state index < -0.39 is 0 Å². The Morgan fingerprint density at radius 1 is 0.676 bits per heavy atom. The van der Waals surface area contributed by atoms with E-state index >= 15 is 0 Å². The molecule has 37 heavy (non-hydrogen) atoms. The maximum atomic E-state index is 11.5. The predicted molar refractivity (Wildman–Crippen MR) is 155 cm³/mol. The Morgan fingerprint density at radius 3 is 1.84 bits per heavy atom. The molecule has 5 aromatic rings. The second-order valence-electron chi connectivity index (χ2n) is 9.68. The van der Waals surface area contributed by atoms with Crippen molar-refractivity contribution in [2.75, 3.05) is 6.61 Å². The van der Waals surface area contributed by atoms with Gasteiger partial charge in [-0.1, -0.05) is 110 Å². The molecule has 0 heterocycles. The molecule has 2 heteroatoms.